The first-order valence-electron chi connectivity index (χ1n) is 9.47. The summed E-state index contributed by atoms with van der Waals surface area (Å²) in [5.74, 6) is 0.578. The average Bonchev–Trinajstić information content (AvgIpc) is 2.55. The first-order chi connectivity index (χ1) is 12.2. The third-order valence-electron chi connectivity index (χ3n) is 5.10. The van der Waals surface area contributed by atoms with Gasteiger partial charge in [-0.25, -0.2) is 9.48 Å². The standard InChI is InChI=1S/C19H30N4O3/c1-19(2,3)26-18(25)23-9-5-14(6-10-23)12-22-8-7-16-15(13-22)11-17(24)21(4)20-16/h11,14H,5-10,12-13H2,1-4H3. The van der Waals surface area contributed by atoms with E-state index in [1.807, 2.05) is 25.7 Å². The summed E-state index contributed by atoms with van der Waals surface area (Å²) in [6.07, 6.45) is 2.68. The van der Waals surface area contributed by atoms with Gasteiger partial charge in [-0.3, -0.25) is 9.69 Å². The lowest BCUT2D eigenvalue weighted by atomic mass is 9.95. The number of nitrogens with zero attached hydrogens (tertiary/aromatic N) is 4. The zero-order chi connectivity index (χ0) is 18.9. The molecule has 1 fully saturated rings. The zero-order valence-electron chi connectivity index (χ0n) is 16.3. The topological polar surface area (TPSA) is 67.7 Å². The maximum Gasteiger partial charge on any atom is 0.410 e. The first-order valence-corrected chi connectivity index (χ1v) is 9.47. The van der Waals surface area contributed by atoms with Crippen molar-refractivity contribution < 1.29 is 9.53 Å². The molecule has 2 aliphatic rings. The number of carbonyl (C=O) groups excluding carboxylic acids is 1. The molecule has 7 heteroatoms. The van der Waals surface area contributed by atoms with Crippen LogP contribution >= 0.6 is 0 Å². The number of hydrogen-bond acceptors (Lipinski definition) is 5. The summed E-state index contributed by atoms with van der Waals surface area (Å²) in [4.78, 5) is 28.2. The van der Waals surface area contributed by atoms with Crippen LogP contribution < -0.4 is 5.56 Å². The SMILES string of the molecule is Cn1nc2c(cc1=O)CN(CC1CCN(C(=O)OC(C)(C)C)CC1)CC2. The fourth-order valence-corrected chi connectivity index (χ4v) is 3.70. The minimum Gasteiger partial charge on any atom is -0.444 e. The van der Waals surface area contributed by atoms with Crippen LogP contribution in [0.3, 0.4) is 0 Å². The number of fused-ring (bicyclic) bond motifs is 1. The second kappa shape index (κ2) is 7.39. The van der Waals surface area contributed by atoms with Gasteiger partial charge in [0.25, 0.3) is 5.56 Å². The van der Waals surface area contributed by atoms with Gasteiger partial charge in [0.05, 0.1) is 5.69 Å². The summed E-state index contributed by atoms with van der Waals surface area (Å²) in [5, 5.41) is 4.37. The Hall–Kier alpha value is -1.89. The molecule has 1 saturated heterocycles. The van der Waals surface area contributed by atoms with Gasteiger partial charge in [-0.2, -0.15) is 5.10 Å². The molecule has 144 valence electrons. The molecule has 26 heavy (non-hydrogen) atoms. The lowest BCUT2D eigenvalue weighted by molar-refractivity contribution is 0.0167. The number of rotatable bonds is 2. The second-order valence-electron chi connectivity index (χ2n) is 8.47. The average molecular weight is 362 g/mol. The quantitative estimate of drug-likeness (QED) is 0.802. The predicted octanol–water partition coefficient (Wildman–Crippen LogP) is 1.79. The van der Waals surface area contributed by atoms with Gasteiger partial charge in [0.1, 0.15) is 5.60 Å². The number of aromatic nitrogens is 2. The molecule has 0 bridgehead atoms. The molecular weight excluding hydrogens is 332 g/mol. The van der Waals surface area contributed by atoms with Crippen LogP contribution in [0.2, 0.25) is 0 Å². The van der Waals surface area contributed by atoms with Crippen LogP contribution in [0, 0.1) is 5.92 Å². The number of hydrogen-bond donors (Lipinski definition) is 0. The largest absolute Gasteiger partial charge is 0.444 e. The third-order valence-corrected chi connectivity index (χ3v) is 5.10. The van der Waals surface area contributed by atoms with Crippen LogP contribution in [-0.2, 0) is 24.8 Å². The smallest absolute Gasteiger partial charge is 0.410 e. The summed E-state index contributed by atoms with van der Waals surface area (Å²) in [6.45, 7) is 9.99. The van der Waals surface area contributed by atoms with Crippen molar-refractivity contribution in [3.8, 4) is 0 Å². The van der Waals surface area contributed by atoms with Crippen molar-refractivity contribution in [3.05, 3.63) is 27.7 Å². The van der Waals surface area contributed by atoms with Crippen LogP contribution in [0.4, 0.5) is 4.79 Å². The first kappa shape index (κ1) is 18.9. The third kappa shape index (κ3) is 4.63. The van der Waals surface area contributed by atoms with Gasteiger partial charge in [0.15, 0.2) is 0 Å². The molecule has 0 aliphatic carbocycles. The second-order valence-corrected chi connectivity index (χ2v) is 8.47. The van der Waals surface area contributed by atoms with Gasteiger partial charge in [0.2, 0.25) is 0 Å². The Balaban J connectivity index is 1.50. The lowest BCUT2D eigenvalue weighted by Crippen LogP contribution is -2.44. The van der Waals surface area contributed by atoms with Crippen molar-refractivity contribution in [1.29, 1.82) is 0 Å². The zero-order valence-corrected chi connectivity index (χ0v) is 16.3. The fraction of sp³-hybridized carbons (Fsp3) is 0.737. The van der Waals surface area contributed by atoms with E-state index in [0.717, 1.165) is 63.2 Å². The number of amides is 1. The van der Waals surface area contributed by atoms with E-state index in [-0.39, 0.29) is 11.7 Å². The molecule has 0 aromatic carbocycles. The maximum absolute atomic E-state index is 12.2. The van der Waals surface area contributed by atoms with E-state index in [4.69, 9.17) is 4.74 Å². The van der Waals surface area contributed by atoms with Crippen molar-refractivity contribution in [2.45, 2.75) is 52.2 Å². The summed E-state index contributed by atoms with van der Waals surface area (Å²) in [5.41, 5.74) is 1.62. The van der Waals surface area contributed by atoms with E-state index in [0.29, 0.717) is 5.92 Å². The Labute approximate surface area is 154 Å². The van der Waals surface area contributed by atoms with Crippen molar-refractivity contribution in [1.82, 2.24) is 19.6 Å². The van der Waals surface area contributed by atoms with Crippen molar-refractivity contribution in [2.75, 3.05) is 26.2 Å². The maximum atomic E-state index is 12.2. The number of aryl methyl sites for hydroxylation is 1. The number of piperidine rings is 1. The van der Waals surface area contributed by atoms with E-state index in [2.05, 4.69) is 10.00 Å². The van der Waals surface area contributed by atoms with Gasteiger partial charge in [-0.1, -0.05) is 0 Å². The molecule has 7 nitrogen and oxygen atoms in total. The van der Waals surface area contributed by atoms with E-state index in [1.165, 1.54) is 4.68 Å². The molecule has 2 aliphatic heterocycles. The number of carbonyl (C=O) groups is 1. The highest BCUT2D eigenvalue weighted by atomic mass is 16.6. The molecule has 1 aromatic rings. The number of ether oxygens (including phenoxy) is 1. The van der Waals surface area contributed by atoms with E-state index < -0.39 is 5.60 Å². The molecular formula is C19H30N4O3. The lowest BCUT2D eigenvalue weighted by Gasteiger charge is -2.36. The van der Waals surface area contributed by atoms with Crippen LogP contribution in [-0.4, -0.2) is 57.5 Å². The Kier molecular flexibility index (Phi) is 5.37. The molecule has 0 radical (unpaired) electrons. The highest BCUT2D eigenvalue weighted by Gasteiger charge is 2.28. The molecule has 0 spiro atoms. The van der Waals surface area contributed by atoms with E-state index in [9.17, 15) is 9.59 Å². The van der Waals surface area contributed by atoms with Crippen molar-refractivity contribution in [2.24, 2.45) is 13.0 Å². The Morgan fingerprint density at radius 3 is 2.62 bits per heavy atom. The van der Waals surface area contributed by atoms with E-state index >= 15 is 0 Å². The van der Waals surface area contributed by atoms with Gasteiger partial charge in [-0.15, -0.1) is 0 Å². The number of likely N-dealkylation sites (tertiary alicyclic amines) is 1. The molecule has 1 amide bonds. The highest BCUT2D eigenvalue weighted by molar-refractivity contribution is 5.68. The summed E-state index contributed by atoms with van der Waals surface area (Å²) < 4.78 is 6.88. The molecule has 0 saturated carbocycles. The van der Waals surface area contributed by atoms with Crippen molar-refractivity contribution >= 4 is 6.09 Å². The van der Waals surface area contributed by atoms with Crippen LogP contribution in [0.15, 0.2) is 10.9 Å². The molecule has 0 unspecified atom stereocenters. The minimum absolute atomic E-state index is 0.0451. The molecule has 3 heterocycles. The Bertz CT molecular complexity index is 714. The Morgan fingerprint density at radius 2 is 1.96 bits per heavy atom. The summed E-state index contributed by atoms with van der Waals surface area (Å²) >= 11 is 0. The minimum atomic E-state index is -0.444. The monoisotopic (exact) mass is 362 g/mol. The van der Waals surface area contributed by atoms with E-state index in [1.54, 1.807) is 13.1 Å². The summed E-state index contributed by atoms with van der Waals surface area (Å²) in [6, 6.07) is 1.72. The van der Waals surface area contributed by atoms with Gasteiger partial charge in [-0.05, 0) is 45.1 Å². The summed E-state index contributed by atoms with van der Waals surface area (Å²) in [7, 11) is 1.70. The molecule has 3 rings (SSSR count). The van der Waals surface area contributed by atoms with Gasteiger partial charge in [0, 0.05) is 52.3 Å². The highest BCUT2D eigenvalue weighted by Crippen LogP contribution is 2.23. The van der Waals surface area contributed by atoms with Crippen LogP contribution in [0.25, 0.3) is 0 Å². The van der Waals surface area contributed by atoms with Gasteiger partial charge >= 0.3 is 6.09 Å². The van der Waals surface area contributed by atoms with Crippen LogP contribution in [0.1, 0.15) is 44.9 Å². The Morgan fingerprint density at radius 1 is 1.27 bits per heavy atom. The molecule has 0 N–H and O–H groups in total. The molecule has 0 atom stereocenters. The van der Waals surface area contributed by atoms with Crippen molar-refractivity contribution in [3.63, 3.8) is 0 Å². The van der Waals surface area contributed by atoms with Crippen LogP contribution in [0.5, 0.6) is 0 Å². The predicted molar refractivity (Wildman–Crippen MR) is 99.0 cm³/mol. The normalized spacial score (nSPS) is 19.3. The fourth-order valence-electron chi connectivity index (χ4n) is 3.70. The van der Waals surface area contributed by atoms with Gasteiger partial charge < -0.3 is 9.64 Å². The molecule has 1 aromatic heterocycles.